The van der Waals surface area contributed by atoms with E-state index in [0.29, 0.717) is 0 Å². The molecule has 22 heteroatoms. The van der Waals surface area contributed by atoms with Crippen LogP contribution in [0.4, 0.5) is 59.7 Å². The van der Waals surface area contributed by atoms with Gasteiger partial charge in [0.05, 0.1) is 30.5 Å². The molecule has 2 rings (SSSR count). The molecule has 5 amide bonds. The number of anilines is 6. The zero-order valence-electron chi connectivity index (χ0n) is 33.9. The SMILES string of the molecule is CC(C)OC(=O)N(C)c1nc(N(C)C(=O)OC(C)C)nc(N(C)C(=O)OC(C)C)n1.CNc1nc(N(C)C(=O)OC(C)C)nc(N(C)C(=O)OC(C)C)n1. The molecule has 1 N–H and O–H groups in total. The van der Waals surface area contributed by atoms with E-state index in [2.05, 4.69) is 35.2 Å². The number of carbonyl (C=O) groups excluding carboxylic acids is 5. The van der Waals surface area contributed by atoms with Gasteiger partial charge < -0.3 is 29.0 Å². The molecule has 22 nitrogen and oxygen atoms in total. The fraction of sp³-hybridized carbons (Fsp3) is 0.656. The number of ether oxygens (including phenoxy) is 5. The largest absolute Gasteiger partial charge is 0.446 e. The number of nitrogens with one attached hydrogen (secondary N) is 1. The molecular formula is C32H54N12O10. The molecule has 0 saturated heterocycles. The lowest BCUT2D eigenvalue weighted by Gasteiger charge is -2.23. The van der Waals surface area contributed by atoms with E-state index in [4.69, 9.17) is 23.7 Å². The monoisotopic (exact) mass is 766 g/mol. The van der Waals surface area contributed by atoms with Crippen molar-refractivity contribution in [2.45, 2.75) is 99.8 Å². The van der Waals surface area contributed by atoms with Gasteiger partial charge in [0.15, 0.2) is 0 Å². The van der Waals surface area contributed by atoms with Crippen molar-refractivity contribution < 1.29 is 47.7 Å². The number of carbonyl (C=O) groups is 5. The van der Waals surface area contributed by atoms with Crippen molar-refractivity contribution in [3.05, 3.63) is 0 Å². The molecule has 0 saturated carbocycles. The fourth-order valence-corrected chi connectivity index (χ4v) is 3.37. The Kier molecular flexibility index (Phi) is 18.0. The van der Waals surface area contributed by atoms with Gasteiger partial charge in [0.1, 0.15) is 0 Å². The van der Waals surface area contributed by atoms with E-state index in [9.17, 15) is 24.0 Å². The van der Waals surface area contributed by atoms with Crippen LogP contribution in [0.15, 0.2) is 0 Å². The Bertz CT molecular complexity index is 1430. The van der Waals surface area contributed by atoms with E-state index >= 15 is 0 Å². The molecular weight excluding hydrogens is 712 g/mol. The summed E-state index contributed by atoms with van der Waals surface area (Å²) in [7, 11) is 8.73. The van der Waals surface area contributed by atoms with Crippen LogP contribution in [0, 0.1) is 0 Å². The summed E-state index contributed by atoms with van der Waals surface area (Å²) < 4.78 is 25.6. The molecule has 0 fully saturated rings. The summed E-state index contributed by atoms with van der Waals surface area (Å²) in [6.07, 6.45) is -5.04. The Hall–Kier alpha value is -5.83. The summed E-state index contributed by atoms with van der Waals surface area (Å²) in [5, 5.41) is 2.76. The van der Waals surface area contributed by atoms with Crippen LogP contribution in [0.5, 0.6) is 0 Å². The van der Waals surface area contributed by atoms with Crippen LogP contribution >= 0.6 is 0 Å². The minimum absolute atomic E-state index is 0.0409. The molecule has 2 aromatic rings. The first-order valence-electron chi connectivity index (χ1n) is 16.9. The Labute approximate surface area is 315 Å². The van der Waals surface area contributed by atoms with Gasteiger partial charge >= 0.3 is 30.5 Å². The summed E-state index contributed by atoms with van der Waals surface area (Å²) in [6.45, 7) is 17.1. The highest BCUT2D eigenvalue weighted by Gasteiger charge is 2.27. The van der Waals surface area contributed by atoms with Crippen LogP contribution in [-0.4, -0.2) is 133 Å². The lowest BCUT2D eigenvalue weighted by atomic mass is 10.5. The summed E-state index contributed by atoms with van der Waals surface area (Å²) in [6, 6.07) is 0. The molecule has 0 aliphatic rings. The van der Waals surface area contributed by atoms with Gasteiger partial charge in [-0.25, -0.2) is 48.5 Å². The highest BCUT2D eigenvalue weighted by Crippen LogP contribution is 2.20. The van der Waals surface area contributed by atoms with Gasteiger partial charge in [0.2, 0.25) is 35.7 Å². The number of rotatable bonds is 11. The molecule has 302 valence electrons. The van der Waals surface area contributed by atoms with Gasteiger partial charge in [-0.3, -0.25) is 0 Å². The zero-order chi connectivity index (χ0) is 41.6. The average molecular weight is 767 g/mol. The molecule has 0 unspecified atom stereocenters. The topological polar surface area (TPSA) is 237 Å². The molecule has 2 heterocycles. The third kappa shape index (κ3) is 14.7. The van der Waals surface area contributed by atoms with Crippen molar-refractivity contribution in [2.75, 3.05) is 72.1 Å². The Balaban J connectivity index is 0.000000553. The molecule has 54 heavy (non-hydrogen) atoms. The van der Waals surface area contributed by atoms with Gasteiger partial charge in [0.25, 0.3) is 0 Å². The zero-order valence-corrected chi connectivity index (χ0v) is 33.9. The standard InChI is InChI=1S/C18H30N6O6.C14H24N6O4/c1-10(2)28-16(25)22(7)13-19-14(23(8)17(26)29-11(3)4)21-15(20-13)24(9)18(27)30-12(5)6;1-8(2)23-13(21)19(6)11-16-10(15-5)17-12(18-11)20(7)14(22)24-9(3)4/h10-12H,1-9H3;8-9H,1-7H3,(H,15,16,17,18). The summed E-state index contributed by atoms with van der Waals surface area (Å²) >= 11 is 0. The fourth-order valence-electron chi connectivity index (χ4n) is 3.37. The Morgan fingerprint density at radius 2 is 0.556 bits per heavy atom. The molecule has 0 bridgehead atoms. The normalized spacial score (nSPS) is 10.7. The van der Waals surface area contributed by atoms with Gasteiger partial charge in [-0.05, 0) is 69.2 Å². The second kappa shape index (κ2) is 21.0. The van der Waals surface area contributed by atoms with E-state index in [1.54, 1.807) is 76.3 Å². The van der Waals surface area contributed by atoms with E-state index in [0.717, 1.165) is 24.5 Å². The van der Waals surface area contributed by atoms with Crippen molar-refractivity contribution in [2.24, 2.45) is 0 Å². The van der Waals surface area contributed by atoms with Crippen molar-refractivity contribution in [3.8, 4) is 0 Å². The molecule has 0 radical (unpaired) electrons. The quantitative estimate of drug-likeness (QED) is 0.305. The van der Waals surface area contributed by atoms with Crippen molar-refractivity contribution in [1.29, 1.82) is 0 Å². The van der Waals surface area contributed by atoms with Gasteiger partial charge in [0, 0.05) is 42.3 Å². The highest BCUT2D eigenvalue weighted by atomic mass is 16.6. The van der Waals surface area contributed by atoms with Crippen LogP contribution in [0.2, 0.25) is 0 Å². The summed E-state index contributed by atoms with van der Waals surface area (Å²) in [4.78, 5) is 90.9. The van der Waals surface area contributed by atoms with Crippen molar-refractivity contribution in [3.63, 3.8) is 0 Å². The van der Waals surface area contributed by atoms with Gasteiger partial charge in [-0.1, -0.05) is 0 Å². The summed E-state index contributed by atoms with van der Waals surface area (Å²) in [5.41, 5.74) is 0. The maximum Gasteiger partial charge on any atom is 0.416 e. The lowest BCUT2D eigenvalue weighted by molar-refractivity contribution is 0.122. The van der Waals surface area contributed by atoms with E-state index < -0.39 is 30.5 Å². The maximum atomic E-state index is 12.3. The van der Waals surface area contributed by atoms with Crippen LogP contribution < -0.4 is 29.8 Å². The number of hydrogen-bond donors (Lipinski definition) is 1. The second-order valence-electron chi connectivity index (χ2n) is 12.7. The average Bonchev–Trinajstić information content (AvgIpc) is 3.08. The van der Waals surface area contributed by atoms with Crippen LogP contribution in [0.3, 0.4) is 0 Å². The van der Waals surface area contributed by atoms with Gasteiger partial charge in [-0.2, -0.15) is 29.9 Å². The first-order valence-corrected chi connectivity index (χ1v) is 16.9. The first kappa shape index (κ1) is 46.2. The third-order valence-electron chi connectivity index (χ3n) is 5.99. The molecule has 0 aliphatic carbocycles. The van der Waals surface area contributed by atoms with Crippen molar-refractivity contribution >= 4 is 66.2 Å². The lowest BCUT2D eigenvalue weighted by Crippen LogP contribution is -2.36. The summed E-state index contributed by atoms with van der Waals surface area (Å²) in [5.74, 6) is -0.112. The Morgan fingerprint density at radius 1 is 0.389 bits per heavy atom. The molecule has 0 spiro atoms. The minimum atomic E-state index is -0.715. The smallest absolute Gasteiger partial charge is 0.416 e. The molecule has 0 aromatic carbocycles. The predicted octanol–water partition coefficient (Wildman–Crippen LogP) is 4.69. The molecule has 0 atom stereocenters. The van der Waals surface area contributed by atoms with E-state index in [1.807, 2.05) is 0 Å². The third-order valence-corrected chi connectivity index (χ3v) is 5.99. The number of hydrogen-bond acceptors (Lipinski definition) is 17. The predicted molar refractivity (Wildman–Crippen MR) is 199 cm³/mol. The Morgan fingerprint density at radius 3 is 0.704 bits per heavy atom. The van der Waals surface area contributed by atoms with Crippen molar-refractivity contribution in [1.82, 2.24) is 29.9 Å². The van der Waals surface area contributed by atoms with Gasteiger partial charge in [-0.15, -0.1) is 0 Å². The number of nitrogens with zero attached hydrogens (tertiary/aromatic N) is 11. The number of aromatic nitrogens is 6. The van der Waals surface area contributed by atoms with Crippen LogP contribution in [0.25, 0.3) is 0 Å². The minimum Gasteiger partial charge on any atom is -0.446 e. The second-order valence-corrected chi connectivity index (χ2v) is 12.7. The van der Waals surface area contributed by atoms with E-state index in [-0.39, 0.29) is 66.2 Å². The first-order chi connectivity index (χ1) is 25.0. The number of amides is 5. The van der Waals surface area contributed by atoms with Crippen LogP contribution in [0.1, 0.15) is 69.2 Å². The molecule has 0 aliphatic heterocycles. The van der Waals surface area contributed by atoms with Crippen LogP contribution in [-0.2, 0) is 23.7 Å². The maximum absolute atomic E-state index is 12.3. The van der Waals surface area contributed by atoms with E-state index in [1.165, 1.54) is 35.2 Å². The molecule has 2 aromatic heterocycles. The highest BCUT2D eigenvalue weighted by molar-refractivity contribution is 5.90.